The molecule has 92 valence electrons. The van der Waals surface area contributed by atoms with E-state index in [-0.39, 0.29) is 11.4 Å². The van der Waals surface area contributed by atoms with E-state index in [1.807, 2.05) is 0 Å². The summed E-state index contributed by atoms with van der Waals surface area (Å²) in [5, 5.41) is 8.52. The largest absolute Gasteiger partial charge is 0.497 e. The highest BCUT2D eigenvalue weighted by molar-refractivity contribution is 9.10. The van der Waals surface area contributed by atoms with Gasteiger partial charge in [-0.15, -0.1) is 0 Å². The fourth-order valence-corrected chi connectivity index (χ4v) is 3.16. The number of hydrogen-bond acceptors (Lipinski definition) is 4. The van der Waals surface area contributed by atoms with Gasteiger partial charge in [0.25, 0.3) is 0 Å². The van der Waals surface area contributed by atoms with Crippen LogP contribution in [0.2, 0.25) is 0 Å². The fourth-order valence-electron chi connectivity index (χ4n) is 1.16. The molecule has 1 aromatic rings. The summed E-state index contributed by atoms with van der Waals surface area (Å²) in [7, 11) is -0.872. The zero-order chi connectivity index (χ0) is 13.1. The van der Waals surface area contributed by atoms with Crippen LogP contribution in [0.4, 0.5) is 0 Å². The molecular weight excluding hydrogens is 308 g/mol. The third kappa shape index (κ3) is 2.97. The van der Waals surface area contributed by atoms with E-state index in [1.165, 1.54) is 20.2 Å². The molecule has 0 bridgehead atoms. The molecule has 1 rings (SSSR count). The summed E-state index contributed by atoms with van der Waals surface area (Å²) in [6.07, 6.45) is 0. The number of nitrogens with zero attached hydrogens (tertiary/aromatic N) is 2. The molecule has 0 aliphatic rings. The summed E-state index contributed by atoms with van der Waals surface area (Å²) in [6.45, 7) is -0.202. The first kappa shape index (κ1) is 14.0. The minimum atomic E-state index is -3.68. The van der Waals surface area contributed by atoms with E-state index in [9.17, 15) is 8.42 Å². The molecule has 0 aromatic heterocycles. The van der Waals surface area contributed by atoms with Crippen molar-refractivity contribution in [1.82, 2.24) is 4.31 Å². The summed E-state index contributed by atoms with van der Waals surface area (Å²) in [5.74, 6) is 0.442. The Morgan fingerprint density at radius 2 is 2.18 bits per heavy atom. The maximum absolute atomic E-state index is 12.1. The van der Waals surface area contributed by atoms with E-state index in [4.69, 9.17) is 10.00 Å². The zero-order valence-corrected chi connectivity index (χ0v) is 11.7. The highest BCUT2D eigenvalue weighted by atomic mass is 79.9. The van der Waals surface area contributed by atoms with Crippen LogP contribution in [0.15, 0.2) is 27.6 Å². The van der Waals surface area contributed by atoms with Gasteiger partial charge >= 0.3 is 0 Å². The maximum atomic E-state index is 12.1. The standard InChI is InChI=1S/C10H11BrN2O3S/c1-13(6-5-12)17(14,15)10-7-8(16-2)3-4-9(10)11/h3-4,7H,6H2,1-2H3. The highest BCUT2D eigenvalue weighted by Crippen LogP contribution is 2.28. The summed E-state index contributed by atoms with van der Waals surface area (Å²) in [4.78, 5) is 0.0783. The molecule has 0 N–H and O–H groups in total. The molecule has 1 aromatic carbocycles. The number of sulfonamides is 1. The fraction of sp³-hybridized carbons (Fsp3) is 0.300. The number of halogens is 1. The molecule has 0 aliphatic carbocycles. The molecule has 0 saturated carbocycles. The Kier molecular flexibility index (Phi) is 4.51. The lowest BCUT2D eigenvalue weighted by molar-refractivity contribution is 0.412. The van der Waals surface area contributed by atoms with Crippen molar-refractivity contribution in [2.24, 2.45) is 0 Å². The molecule has 0 amide bonds. The van der Waals surface area contributed by atoms with Crippen LogP contribution in [0.5, 0.6) is 5.75 Å². The van der Waals surface area contributed by atoms with Gasteiger partial charge in [-0.1, -0.05) is 0 Å². The van der Waals surface area contributed by atoms with Crippen LogP contribution in [0.3, 0.4) is 0 Å². The number of rotatable bonds is 4. The predicted molar refractivity (Wildman–Crippen MR) is 66.1 cm³/mol. The summed E-state index contributed by atoms with van der Waals surface area (Å²) >= 11 is 3.17. The monoisotopic (exact) mass is 318 g/mol. The molecule has 0 fully saturated rings. The molecule has 0 saturated heterocycles. The molecule has 0 atom stereocenters. The van der Waals surface area contributed by atoms with Gasteiger partial charge in [0.15, 0.2) is 0 Å². The Hall–Kier alpha value is -1.10. The van der Waals surface area contributed by atoms with E-state index in [2.05, 4.69) is 15.9 Å². The second-order valence-electron chi connectivity index (χ2n) is 3.22. The van der Waals surface area contributed by atoms with Gasteiger partial charge in [0.05, 0.1) is 13.2 Å². The van der Waals surface area contributed by atoms with Gasteiger partial charge in [-0.3, -0.25) is 0 Å². The zero-order valence-electron chi connectivity index (χ0n) is 9.34. The van der Waals surface area contributed by atoms with Crippen molar-refractivity contribution in [2.45, 2.75) is 4.90 Å². The first-order valence-corrected chi connectivity index (χ1v) is 6.83. The minimum absolute atomic E-state index is 0.0783. The Bertz CT molecular complexity index is 551. The maximum Gasteiger partial charge on any atom is 0.245 e. The highest BCUT2D eigenvalue weighted by Gasteiger charge is 2.23. The smallest absolute Gasteiger partial charge is 0.245 e. The van der Waals surface area contributed by atoms with Crippen molar-refractivity contribution < 1.29 is 13.2 Å². The quantitative estimate of drug-likeness (QED) is 0.791. The van der Waals surface area contributed by atoms with Crippen molar-refractivity contribution >= 4 is 26.0 Å². The Morgan fingerprint density at radius 3 is 2.71 bits per heavy atom. The second kappa shape index (κ2) is 5.49. The van der Waals surface area contributed by atoms with E-state index >= 15 is 0 Å². The van der Waals surface area contributed by atoms with Crippen LogP contribution in [0, 0.1) is 11.3 Å². The average Bonchev–Trinajstić information content (AvgIpc) is 2.29. The molecule has 0 heterocycles. The summed E-state index contributed by atoms with van der Waals surface area (Å²) < 4.78 is 30.6. The van der Waals surface area contributed by atoms with Crippen LogP contribution in [0.25, 0.3) is 0 Å². The van der Waals surface area contributed by atoms with Crippen molar-refractivity contribution in [3.8, 4) is 11.8 Å². The van der Waals surface area contributed by atoms with Crippen molar-refractivity contribution in [3.05, 3.63) is 22.7 Å². The molecule has 0 radical (unpaired) electrons. The van der Waals surface area contributed by atoms with E-state index in [0.29, 0.717) is 10.2 Å². The van der Waals surface area contributed by atoms with Crippen LogP contribution in [-0.4, -0.2) is 33.4 Å². The molecule has 7 heteroatoms. The molecule has 5 nitrogen and oxygen atoms in total. The van der Waals surface area contributed by atoms with Crippen LogP contribution < -0.4 is 4.74 Å². The van der Waals surface area contributed by atoms with Gasteiger partial charge in [-0.25, -0.2) is 8.42 Å². The SMILES string of the molecule is COc1ccc(Br)c(S(=O)(=O)N(C)CC#N)c1. The molecular formula is C10H11BrN2O3S. The van der Waals surface area contributed by atoms with Gasteiger partial charge in [-0.05, 0) is 28.1 Å². The number of methoxy groups -OCH3 is 1. The van der Waals surface area contributed by atoms with Gasteiger partial charge in [0, 0.05) is 17.6 Å². The van der Waals surface area contributed by atoms with Crippen LogP contribution >= 0.6 is 15.9 Å². The van der Waals surface area contributed by atoms with Gasteiger partial charge < -0.3 is 4.74 Å². The Balaban J connectivity index is 3.28. The summed E-state index contributed by atoms with van der Waals surface area (Å²) in [5.41, 5.74) is 0. The van der Waals surface area contributed by atoms with E-state index in [1.54, 1.807) is 18.2 Å². The normalized spacial score (nSPS) is 11.2. The van der Waals surface area contributed by atoms with Crippen molar-refractivity contribution in [2.75, 3.05) is 20.7 Å². The van der Waals surface area contributed by atoms with E-state index in [0.717, 1.165) is 4.31 Å². The van der Waals surface area contributed by atoms with Gasteiger partial charge in [0.2, 0.25) is 10.0 Å². The molecule has 17 heavy (non-hydrogen) atoms. The predicted octanol–water partition coefficient (Wildman–Crippen LogP) is 1.60. The number of ether oxygens (including phenoxy) is 1. The molecule has 0 aliphatic heterocycles. The second-order valence-corrected chi connectivity index (χ2v) is 6.08. The molecule has 0 spiro atoms. The first-order valence-electron chi connectivity index (χ1n) is 4.60. The number of hydrogen-bond donors (Lipinski definition) is 0. The third-order valence-electron chi connectivity index (χ3n) is 2.12. The van der Waals surface area contributed by atoms with Crippen molar-refractivity contribution in [1.29, 1.82) is 5.26 Å². The number of nitriles is 1. The lowest BCUT2D eigenvalue weighted by Gasteiger charge is -2.15. The van der Waals surface area contributed by atoms with Crippen molar-refractivity contribution in [3.63, 3.8) is 0 Å². The Morgan fingerprint density at radius 1 is 1.53 bits per heavy atom. The lowest BCUT2D eigenvalue weighted by Crippen LogP contribution is -2.27. The van der Waals surface area contributed by atoms with E-state index < -0.39 is 10.0 Å². The van der Waals surface area contributed by atoms with Gasteiger partial charge in [-0.2, -0.15) is 9.57 Å². The molecule has 0 unspecified atom stereocenters. The number of benzene rings is 1. The lowest BCUT2D eigenvalue weighted by atomic mass is 10.3. The Labute approximate surface area is 109 Å². The van der Waals surface area contributed by atoms with Gasteiger partial charge in [0.1, 0.15) is 17.2 Å². The van der Waals surface area contributed by atoms with Crippen LogP contribution in [-0.2, 0) is 10.0 Å². The third-order valence-corrected chi connectivity index (χ3v) is 4.92. The minimum Gasteiger partial charge on any atom is -0.497 e. The summed E-state index contributed by atoms with van der Waals surface area (Å²) in [6, 6.07) is 6.44. The first-order chi connectivity index (χ1) is 7.93. The van der Waals surface area contributed by atoms with Crippen LogP contribution in [0.1, 0.15) is 0 Å². The topological polar surface area (TPSA) is 70.4 Å². The average molecular weight is 319 g/mol.